The van der Waals surface area contributed by atoms with Gasteiger partial charge in [0.15, 0.2) is 0 Å². The van der Waals surface area contributed by atoms with Crippen molar-refractivity contribution in [2.24, 2.45) is 0 Å². The Morgan fingerprint density at radius 3 is 2.75 bits per heavy atom. The zero-order chi connectivity index (χ0) is 16.9. The first-order valence-electron chi connectivity index (χ1n) is 7.61. The van der Waals surface area contributed by atoms with Gasteiger partial charge in [-0.25, -0.2) is 5.06 Å². The lowest BCUT2D eigenvalue weighted by atomic mass is 10.1. The summed E-state index contributed by atoms with van der Waals surface area (Å²) in [5.74, 6) is 0.175. The molecule has 2 aliphatic heterocycles. The molecule has 0 radical (unpaired) electrons. The van der Waals surface area contributed by atoms with Gasteiger partial charge in [-0.15, -0.1) is 0 Å². The summed E-state index contributed by atoms with van der Waals surface area (Å²) >= 11 is 6.20. The summed E-state index contributed by atoms with van der Waals surface area (Å²) in [6, 6.07) is 8.98. The SMILES string of the molecule is CCON1C=C(CC(=O)Oc2ccccc2)C=C2C1=CC=CN2Cl. The van der Waals surface area contributed by atoms with Crippen LogP contribution in [0.2, 0.25) is 0 Å². The number of nitrogens with zero attached hydrogens (tertiary/aromatic N) is 2. The fourth-order valence-electron chi connectivity index (χ4n) is 2.41. The molecule has 5 nitrogen and oxygen atoms in total. The van der Waals surface area contributed by atoms with E-state index in [1.165, 1.54) is 4.42 Å². The zero-order valence-corrected chi connectivity index (χ0v) is 13.9. The molecule has 0 bridgehead atoms. The molecule has 124 valence electrons. The van der Waals surface area contributed by atoms with Gasteiger partial charge >= 0.3 is 5.97 Å². The number of hydroxylamine groups is 2. The van der Waals surface area contributed by atoms with E-state index in [0.717, 1.165) is 17.0 Å². The average molecular weight is 345 g/mol. The number of rotatable bonds is 5. The fraction of sp³-hybridized carbons (Fsp3) is 0.167. The van der Waals surface area contributed by atoms with E-state index < -0.39 is 0 Å². The van der Waals surface area contributed by atoms with E-state index >= 15 is 0 Å². The second-order valence-electron chi connectivity index (χ2n) is 5.15. The molecule has 0 amide bonds. The minimum absolute atomic E-state index is 0.115. The van der Waals surface area contributed by atoms with E-state index in [2.05, 4.69) is 0 Å². The first-order valence-corrected chi connectivity index (χ1v) is 7.95. The Hall–Kier alpha value is -2.50. The number of halogens is 1. The molecule has 0 spiro atoms. The van der Waals surface area contributed by atoms with Crippen molar-refractivity contribution in [2.45, 2.75) is 13.3 Å². The van der Waals surface area contributed by atoms with Crippen molar-refractivity contribution in [1.82, 2.24) is 9.48 Å². The topological polar surface area (TPSA) is 42.0 Å². The molecule has 2 heterocycles. The highest BCUT2D eigenvalue weighted by atomic mass is 35.5. The quantitative estimate of drug-likeness (QED) is 0.460. The number of fused-ring (bicyclic) bond motifs is 1. The second kappa shape index (κ2) is 7.38. The Kier molecular flexibility index (Phi) is 5.03. The van der Waals surface area contributed by atoms with Crippen LogP contribution in [0.1, 0.15) is 13.3 Å². The molecule has 1 aromatic carbocycles. The molecule has 0 fully saturated rings. The minimum Gasteiger partial charge on any atom is -0.426 e. The monoisotopic (exact) mass is 344 g/mol. The average Bonchev–Trinajstić information content (AvgIpc) is 2.57. The standard InChI is InChI=1S/C18H17ClN2O3/c1-2-23-21-13-14(11-17-16(21)9-6-10-20(17)19)12-18(22)24-15-7-4-3-5-8-15/h3-11,13H,2,12H2,1H3. The molecule has 24 heavy (non-hydrogen) atoms. The van der Waals surface area contributed by atoms with E-state index in [0.29, 0.717) is 12.4 Å². The number of ether oxygens (including phenoxy) is 1. The van der Waals surface area contributed by atoms with Crippen molar-refractivity contribution in [2.75, 3.05) is 6.61 Å². The minimum atomic E-state index is -0.347. The lowest BCUT2D eigenvalue weighted by molar-refractivity contribution is -0.133. The Balaban J connectivity index is 1.76. The number of hydrogen-bond donors (Lipinski definition) is 0. The van der Waals surface area contributed by atoms with E-state index in [1.807, 2.05) is 43.4 Å². The highest BCUT2D eigenvalue weighted by Crippen LogP contribution is 2.32. The van der Waals surface area contributed by atoms with E-state index in [-0.39, 0.29) is 12.4 Å². The molecule has 0 aromatic heterocycles. The van der Waals surface area contributed by atoms with Crippen molar-refractivity contribution in [1.29, 1.82) is 0 Å². The van der Waals surface area contributed by atoms with E-state index in [1.54, 1.807) is 29.6 Å². The molecule has 0 aliphatic carbocycles. The maximum Gasteiger partial charge on any atom is 0.315 e. The summed E-state index contributed by atoms with van der Waals surface area (Å²) in [5, 5.41) is 1.62. The van der Waals surface area contributed by atoms with Crippen molar-refractivity contribution in [3.05, 3.63) is 77.9 Å². The number of carbonyl (C=O) groups is 1. The molecule has 3 rings (SSSR count). The molecule has 0 saturated heterocycles. The normalized spacial score (nSPS) is 16.2. The summed E-state index contributed by atoms with van der Waals surface area (Å²) in [5.41, 5.74) is 2.31. The maximum absolute atomic E-state index is 12.2. The van der Waals surface area contributed by atoms with Crippen molar-refractivity contribution in [3.8, 4) is 5.75 Å². The fourth-order valence-corrected chi connectivity index (χ4v) is 2.61. The highest BCUT2D eigenvalue weighted by molar-refractivity contribution is 6.15. The van der Waals surface area contributed by atoms with Crippen LogP contribution in [-0.4, -0.2) is 22.1 Å². The zero-order valence-electron chi connectivity index (χ0n) is 13.2. The molecule has 0 saturated carbocycles. The van der Waals surface area contributed by atoms with Crippen LogP contribution in [0.25, 0.3) is 0 Å². The van der Waals surface area contributed by atoms with Crippen LogP contribution in [0.4, 0.5) is 0 Å². The Morgan fingerprint density at radius 2 is 2.00 bits per heavy atom. The number of allylic oxidation sites excluding steroid dienone is 3. The summed E-state index contributed by atoms with van der Waals surface area (Å²) in [6.45, 7) is 2.39. The number of para-hydroxylation sites is 1. The van der Waals surface area contributed by atoms with Crippen molar-refractivity contribution in [3.63, 3.8) is 0 Å². The van der Waals surface area contributed by atoms with E-state index in [9.17, 15) is 4.79 Å². The van der Waals surface area contributed by atoms with Crippen LogP contribution in [0.15, 0.2) is 77.9 Å². The van der Waals surface area contributed by atoms with Crippen molar-refractivity contribution < 1.29 is 14.4 Å². The van der Waals surface area contributed by atoms with Gasteiger partial charge in [0.1, 0.15) is 5.75 Å². The molecule has 6 heteroatoms. The predicted molar refractivity (Wildman–Crippen MR) is 91.2 cm³/mol. The van der Waals surface area contributed by atoms with Gasteiger partial charge in [0, 0.05) is 24.2 Å². The molecule has 0 atom stereocenters. The third-order valence-corrected chi connectivity index (χ3v) is 3.69. The van der Waals surface area contributed by atoms with Crippen LogP contribution in [0, 0.1) is 0 Å². The molecular weight excluding hydrogens is 328 g/mol. The molecule has 0 N–H and O–H groups in total. The van der Waals surface area contributed by atoms with Gasteiger partial charge < -0.3 is 4.74 Å². The number of esters is 1. The van der Waals surface area contributed by atoms with Gasteiger partial charge in [-0.1, -0.05) is 18.2 Å². The number of hydrogen-bond acceptors (Lipinski definition) is 5. The van der Waals surface area contributed by atoms with Crippen molar-refractivity contribution >= 4 is 17.7 Å². The summed E-state index contributed by atoms with van der Waals surface area (Å²) in [6.07, 6.45) is 9.19. The maximum atomic E-state index is 12.2. The lowest BCUT2D eigenvalue weighted by Gasteiger charge is -2.32. The van der Waals surface area contributed by atoms with Crippen LogP contribution < -0.4 is 4.74 Å². The summed E-state index contributed by atoms with van der Waals surface area (Å²) in [4.78, 5) is 17.8. The third kappa shape index (κ3) is 3.69. The van der Waals surface area contributed by atoms with E-state index in [4.69, 9.17) is 21.4 Å². The molecule has 1 aromatic rings. The van der Waals surface area contributed by atoms with Gasteiger partial charge in [-0.05, 0) is 42.9 Å². The Morgan fingerprint density at radius 1 is 1.21 bits per heavy atom. The van der Waals surface area contributed by atoms with Crippen LogP contribution in [0.3, 0.4) is 0 Å². The smallest absolute Gasteiger partial charge is 0.315 e. The third-order valence-electron chi connectivity index (χ3n) is 3.40. The Labute approximate surface area is 145 Å². The predicted octanol–water partition coefficient (Wildman–Crippen LogP) is 3.88. The first-order chi connectivity index (χ1) is 11.7. The van der Waals surface area contributed by atoms with Crippen LogP contribution in [0.5, 0.6) is 5.75 Å². The first kappa shape index (κ1) is 16.4. The van der Waals surface area contributed by atoms with Crippen LogP contribution in [-0.2, 0) is 9.63 Å². The summed E-state index contributed by atoms with van der Waals surface area (Å²) in [7, 11) is 0. The second-order valence-corrected chi connectivity index (χ2v) is 5.51. The van der Waals surface area contributed by atoms with Crippen LogP contribution >= 0.6 is 11.8 Å². The van der Waals surface area contributed by atoms with Gasteiger partial charge in [0.25, 0.3) is 0 Å². The molecule has 0 unspecified atom stereocenters. The van der Waals surface area contributed by atoms with Gasteiger partial charge in [-0.2, -0.15) is 0 Å². The van der Waals surface area contributed by atoms with Gasteiger partial charge in [-0.3, -0.25) is 14.1 Å². The number of benzene rings is 1. The lowest BCUT2D eigenvalue weighted by Crippen LogP contribution is -2.27. The molecule has 2 aliphatic rings. The number of carbonyl (C=O) groups excluding carboxylic acids is 1. The highest BCUT2D eigenvalue weighted by Gasteiger charge is 2.25. The van der Waals surface area contributed by atoms with Gasteiger partial charge in [0.2, 0.25) is 0 Å². The summed E-state index contributed by atoms with van der Waals surface area (Å²) < 4.78 is 6.80. The Bertz CT molecular complexity index is 738. The molecular formula is C18H17ClN2O3. The largest absolute Gasteiger partial charge is 0.426 e. The van der Waals surface area contributed by atoms with Gasteiger partial charge in [0.05, 0.1) is 24.4 Å².